The third-order valence-corrected chi connectivity index (χ3v) is 6.52. The monoisotopic (exact) mass is 396 g/mol. The van der Waals surface area contributed by atoms with Crippen molar-refractivity contribution in [3.05, 3.63) is 71.8 Å². The van der Waals surface area contributed by atoms with E-state index in [-0.39, 0.29) is 31.1 Å². The molecule has 2 saturated heterocycles. The normalized spacial score (nSPS) is 31.3. The van der Waals surface area contributed by atoms with Crippen LogP contribution in [0, 0.1) is 11.8 Å². The number of hydrogen-bond acceptors (Lipinski definition) is 5. The Hall–Kier alpha value is -2.41. The number of rotatable bonds is 4. The smallest absolute Gasteiger partial charge is 0.410 e. The molecule has 0 bridgehead atoms. The van der Waals surface area contributed by atoms with Crippen LogP contribution in [-0.4, -0.2) is 53.0 Å². The van der Waals surface area contributed by atoms with E-state index >= 15 is 0 Å². The molecule has 2 aromatic rings. The van der Waals surface area contributed by atoms with Crippen LogP contribution in [0.15, 0.2) is 60.7 Å². The number of likely N-dealkylation sites (tertiary alicyclic amines) is 1. The summed E-state index contributed by atoms with van der Waals surface area (Å²) in [4.78, 5) is 14.4. The average Bonchev–Trinajstić information content (AvgIpc) is 3.22. The van der Waals surface area contributed by atoms with Crippen LogP contribution in [0.2, 0.25) is 0 Å². The van der Waals surface area contributed by atoms with Gasteiger partial charge in [0.15, 0.2) is 0 Å². The van der Waals surface area contributed by atoms with Gasteiger partial charge < -0.3 is 25.2 Å². The second kappa shape index (κ2) is 7.78. The van der Waals surface area contributed by atoms with E-state index in [1.54, 1.807) is 11.8 Å². The highest BCUT2D eigenvalue weighted by molar-refractivity contribution is 5.68. The number of piperidine rings is 1. The van der Waals surface area contributed by atoms with E-state index in [0.29, 0.717) is 19.6 Å². The lowest BCUT2D eigenvalue weighted by Gasteiger charge is -2.51. The van der Waals surface area contributed by atoms with Crippen LogP contribution in [0.1, 0.15) is 18.1 Å². The molecule has 1 amide bonds. The van der Waals surface area contributed by atoms with Gasteiger partial charge in [0, 0.05) is 31.5 Å². The van der Waals surface area contributed by atoms with E-state index in [2.05, 4.69) is 5.32 Å². The highest BCUT2D eigenvalue weighted by Gasteiger charge is 2.58. The maximum absolute atomic E-state index is 12.7. The Morgan fingerprint density at radius 3 is 2.38 bits per heavy atom. The lowest BCUT2D eigenvalue weighted by atomic mass is 9.65. The van der Waals surface area contributed by atoms with Crippen LogP contribution in [0.25, 0.3) is 0 Å². The van der Waals surface area contributed by atoms with Crippen LogP contribution < -0.4 is 5.32 Å². The van der Waals surface area contributed by atoms with Crippen molar-refractivity contribution in [1.82, 2.24) is 10.2 Å². The molecule has 4 rings (SSSR count). The summed E-state index contributed by atoms with van der Waals surface area (Å²) in [6.45, 7) is 3.06. The first-order valence-electron chi connectivity index (χ1n) is 10.1. The van der Waals surface area contributed by atoms with Crippen molar-refractivity contribution in [2.24, 2.45) is 11.8 Å². The van der Waals surface area contributed by atoms with E-state index in [9.17, 15) is 15.0 Å². The van der Waals surface area contributed by atoms with E-state index in [4.69, 9.17) is 4.74 Å². The van der Waals surface area contributed by atoms with Gasteiger partial charge in [-0.1, -0.05) is 60.7 Å². The molecular formula is C23H28N2O4. The molecular weight excluding hydrogens is 368 g/mol. The Bertz CT molecular complexity index is 842. The molecule has 2 aromatic carbocycles. The number of aliphatic hydroxyl groups excluding tert-OH is 1. The number of β-amino-alcohol motifs (C(OH)–C–C–N with tert-alkyl or cyclic N) is 1. The van der Waals surface area contributed by atoms with Crippen molar-refractivity contribution < 1.29 is 19.7 Å². The van der Waals surface area contributed by atoms with Gasteiger partial charge in [0.05, 0.1) is 17.7 Å². The molecule has 154 valence electrons. The number of benzene rings is 2. The average molecular weight is 396 g/mol. The Kier molecular flexibility index (Phi) is 5.34. The van der Waals surface area contributed by atoms with Gasteiger partial charge in [-0.25, -0.2) is 4.79 Å². The number of nitrogens with one attached hydrogen (secondary N) is 1. The van der Waals surface area contributed by atoms with Crippen LogP contribution >= 0.6 is 0 Å². The summed E-state index contributed by atoms with van der Waals surface area (Å²) in [5.74, 6) is -0.302. The number of amides is 1. The van der Waals surface area contributed by atoms with E-state index in [0.717, 1.165) is 11.1 Å². The predicted molar refractivity (Wildman–Crippen MR) is 109 cm³/mol. The SMILES string of the molecule is C[C@]1(O)CN[C@](CO)(c2ccccc2)[C@@H]2CN(C(=O)OCc3ccccc3)C[C@@H]21. The Morgan fingerprint density at radius 2 is 1.72 bits per heavy atom. The first-order chi connectivity index (χ1) is 14.0. The van der Waals surface area contributed by atoms with Crippen molar-refractivity contribution in [2.75, 3.05) is 26.2 Å². The van der Waals surface area contributed by atoms with Gasteiger partial charge in [0.2, 0.25) is 0 Å². The molecule has 2 heterocycles. The first-order valence-corrected chi connectivity index (χ1v) is 10.1. The van der Waals surface area contributed by atoms with Gasteiger partial charge in [-0.3, -0.25) is 0 Å². The van der Waals surface area contributed by atoms with Crippen LogP contribution in [0.5, 0.6) is 0 Å². The summed E-state index contributed by atoms with van der Waals surface area (Å²) in [6, 6.07) is 19.4. The Morgan fingerprint density at radius 1 is 1.10 bits per heavy atom. The zero-order valence-corrected chi connectivity index (χ0v) is 16.6. The molecule has 0 spiro atoms. The van der Waals surface area contributed by atoms with Crippen molar-refractivity contribution >= 4 is 6.09 Å². The largest absolute Gasteiger partial charge is 0.445 e. The number of ether oxygens (including phenoxy) is 1. The standard InChI is InChI=1S/C23H28N2O4/c1-22(28)15-24-23(16-26,18-10-6-3-7-11-18)20-13-25(12-19(20)22)21(27)29-14-17-8-4-2-5-9-17/h2-11,19-20,24,26,28H,12-16H2,1H3/t19-,20+,22-,23+/m0/s1. The third kappa shape index (κ3) is 3.64. The summed E-state index contributed by atoms with van der Waals surface area (Å²) in [5.41, 5.74) is 0.211. The topological polar surface area (TPSA) is 82.0 Å². The quantitative estimate of drug-likeness (QED) is 0.738. The van der Waals surface area contributed by atoms with Gasteiger partial charge in [-0.05, 0) is 18.1 Å². The minimum absolute atomic E-state index is 0.110. The third-order valence-electron chi connectivity index (χ3n) is 6.52. The molecule has 0 saturated carbocycles. The maximum atomic E-state index is 12.7. The second-order valence-electron chi connectivity index (χ2n) is 8.36. The lowest BCUT2D eigenvalue weighted by molar-refractivity contribution is -0.0819. The zero-order valence-electron chi connectivity index (χ0n) is 16.6. The molecule has 4 atom stereocenters. The van der Waals surface area contributed by atoms with Gasteiger partial charge >= 0.3 is 6.09 Å². The molecule has 2 aliphatic heterocycles. The molecule has 29 heavy (non-hydrogen) atoms. The molecule has 0 aromatic heterocycles. The van der Waals surface area contributed by atoms with Crippen molar-refractivity contribution in [1.29, 1.82) is 0 Å². The molecule has 0 unspecified atom stereocenters. The Balaban J connectivity index is 1.55. The molecule has 6 heteroatoms. The lowest BCUT2D eigenvalue weighted by Crippen LogP contribution is -2.66. The number of fused-ring (bicyclic) bond motifs is 1. The number of carbonyl (C=O) groups is 1. The number of aliphatic hydroxyl groups is 2. The number of hydrogen-bond donors (Lipinski definition) is 3. The van der Waals surface area contributed by atoms with Crippen molar-refractivity contribution in [2.45, 2.75) is 24.7 Å². The summed E-state index contributed by atoms with van der Waals surface area (Å²) >= 11 is 0. The molecule has 2 fully saturated rings. The first kappa shape index (κ1) is 19.9. The van der Waals surface area contributed by atoms with Gasteiger partial charge in [0.1, 0.15) is 6.61 Å². The van der Waals surface area contributed by atoms with Crippen molar-refractivity contribution in [3.8, 4) is 0 Å². The Labute approximate surface area is 171 Å². The molecule has 0 aliphatic carbocycles. The fourth-order valence-corrected chi connectivity index (χ4v) is 4.81. The maximum Gasteiger partial charge on any atom is 0.410 e. The summed E-state index contributed by atoms with van der Waals surface area (Å²) in [6.07, 6.45) is -0.390. The highest BCUT2D eigenvalue weighted by Crippen LogP contribution is 2.46. The summed E-state index contributed by atoms with van der Waals surface area (Å²) in [7, 11) is 0. The number of carbonyl (C=O) groups excluding carboxylic acids is 1. The molecule has 3 N–H and O–H groups in total. The van der Waals surface area contributed by atoms with Gasteiger partial charge in [-0.2, -0.15) is 0 Å². The molecule has 6 nitrogen and oxygen atoms in total. The summed E-state index contributed by atoms with van der Waals surface area (Å²) < 4.78 is 5.52. The van der Waals surface area contributed by atoms with E-state index in [1.165, 1.54) is 0 Å². The molecule has 0 radical (unpaired) electrons. The van der Waals surface area contributed by atoms with Gasteiger partial charge in [-0.15, -0.1) is 0 Å². The van der Waals surface area contributed by atoms with Crippen molar-refractivity contribution in [3.63, 3.8) is 0 Å². The predicted octanol–water partition coefficient (Wildman–Crippen LogP) is 2.11. The number of nitrogens with zero attached hydrogens (tertiary/aromatic N) is 1. The minimum Gasteiger partial charge on any atom is -0.445 e. The summed E-state index contributed by atoms with van der Waals surface area (Å²) in [5, 5.41) is 24.8. The fourth-order valence-electron chi connectivity index (χ4n) is 4.81. The highest BCUT2D eigenvalue weighted by atomic mass is 16.6. The van der Waals surface area contributed by atoms with Crippen LogP contribution in [-0.2, 0) is 16.9 Å². The minimum atomic E-state index is -0.980. The van der Waals surface area contributed by atoms with Gasteiger partial charge in [0.25, 0.3) is 0 Å². The van der Waals surface area contributed by atoms with Crippen LogP contribution in [0.4, 0.5) is 4.79 Å². The molecule has 2 aliphatic rings. The van der Waals surface area contributed by atoms with Crippen LogP contribution in [0.3, 0.4) is 0 Å². The zero-order chi connectivity index (χ0) is 20.5. The fraction of sp³-hybridized carbons (Fsp3) is 0.435. The van der Waals surface area contributed by atoms with E-state index < -0.39 is 11.1 Å². The van der Waals surface area contributed by atoms with E-state index in [1.807, 2.05) is 60.7 Å². The second-order valence-corrected chi connectivity index (χ2v) is 8.36.